The summed E-state index contributed by atoms with van der Waals surface area (Å²) < 4.78 is 0. The van der Waals surface area contributed by atoms with Gasteiger partial charge in [-0.2, -0.15) is 0 Å². The van der Waals surface area contributed by atoms with Crippen LogP contribution in [0.3, 0.4) is 0 Å². The molecule has 2 rings (SSSR count). The molecule has 0 bridgehead atoms. The van der Waals surface area contributed by atoms with Crippen LogP contribution in [-0.2, 0) is 4.79 Å². The highest BCUT2D eigenvalue weighted by Crippen LogP contribution is 2.24. The zero-order chi connectivity index (χ0) is 15.6. The molecular weight excluding hydrogens is 270 g/mol. The van der Waals surface area contributed by atoms with Crippen molar-refractivity contribution in [3.05, 3.63) is 0 Å². The maximum Gasteiger partial charge on any atom is 0.319 e. The second kappa shape index (κ2) is 6.64. The summed E-state index contributed by atoms with van der Waals surface area (Å²) in [6.45, 7) is 5.75. The Bertz CT molecular complexity index is 394. The minimum Gasteiger partial charge on any atom is -0.481 e. The molecule has 0 spiro atoms. The molecule has 0 aromatic heterocycles. The molecule has 1 N–H and O–H groups in total. The number of hydrogen-bond donors (Lipinski definition) is 1. The smallest absolute Gasteiger partial charge is 0.319 e. The summed E-state index contributed by atoms with van der Waals surface area (Å²) in [4.78, 5) is 29.4. The van der Waals surface area contributed by atoms with Crippen LogP contribution in [-0.4, -0.2) is 78.6 Å². The van der Waals surface area contributed by atoms with E-state index in [0.29, 0.717) is 19.0 Å². The van der Waals surface area contributed by atoms with Gasteiger partial charge in [-0.3, -0.25) is 4.79 Å². The number of likely N-dealkylation sites (tertiary alicyclic amines) is 2. The van der Waals surface area contributed by atoms with Gasteiger partial charge >= 0.3 is 12.0 Å². The van der Waals surface area contributed by atoms with Crippen molar-refractivity contribution in [3.63, 3.8) is 0 Å². The van der Waals surface area contributed by atoms with Crippen LogP contribution in [0.5, 0.6) is 0 Å². The summed E-state index contributed by atoms with van der Waals surface area (Å²) in [5, 5.41) is 9.15. The van der Waals surface area contributed by atoms with E-state index in [1.165, 1.54) is 0 Å². The van der Waals surface area contributed by atoms with E-state index in [1.54, 1.807) is 9.80 Å². The molecule has 2 saturated heterocycles. The molecule has 2 aliphatic heterocycles. The van der Waals surface area contributed by atoms with Gasteiger partial charge in [0.2, 0.25) is 0 Å². The number of rotatable bonds is 3. The number of carbonyl (C=O) groups excluding carboxylic acids is 1. The molecule has 2 amide bonds. The first-order valence-electron chi connectivity index (χ1n) is 7.80. The first-order chi connectivity index (χ1) is 9.88. The van der Waals surface area contributed by atoms with Gasteiger partial charge in [-0.15, -0.1) is 0 Å². The number of amides is 2. The first kappa shape index (κ1) is 16.1. The van der Waals surface area contributed by atoms with Crippen molar-refractivity contribution >= 4 is 12.0 Å². The van der Waals surface area contributed by atoms with Gasteiger partial charge in [-0.05, 0) is 44.8 Å². The Kier molecular flexibility index (Phi) is 5.08. The fraction of sp³-hybridized carbons (Fsp3) is 0.867. The Morgan fingerprint density at radius 1 is 1.24 bits per heavy atom. The van der Waals surface area contributed by atoms with E-state index in [9.17, 15) is 9.59 Å². The lowest BCUT2D eigenvalue weighted by Gasteiger charge is -2.33. The van der Waals surface area contributed by atoms with Crippen molar-refractivity contribution in [1.29, 1.82) is 0 Å². The molecule has 0 aromatic rings. The van der Waals surface area contributed by atoms with Gasteiger partial charge in [-0.25, -0.2) is 4.79 Å². The Balaban J connectivity index is 1.84. The Hall–Kier alpha value is -1.30. The summed E-state index contributed by atoms with van der Waals surface area (Å²) >= 11 is 0. The Morgan fingerprint density at radius 3 is 2.38 bits per heavy atom. The molecule has 2 heterocycles. The van der Waals surface area contributed by atoms with E-state index < -0.39 is 11.9 Å². The number of carboxylic acids is 1. The highest BCUT2D eigenvalue weighted by atomic mass is 16.4. The van der Waals surface area contributed by atoms with E-state index in [4.69, 9.17) is 5.11 Å². The average Bonchev–Trinajstić information content (AvgIpc) is 2.82. The number of piperidine rings is 1. The molecule has 0 radical (unpaired) electrons. The fourth-order valence-electron chi connectivity index (χ4n) is 3.40. The predicted octanol–water partition coefficient (Wildman–Crippen LogP) is 1.03. The summed E-state index contributed by atoms with van der Waals surface area (Å²) in [6, 6.07) is -0.0236. The zero-order valence-corrected chi connectivity index (χ0v) is 13.3. The molecule has 2 fully saturated rings. The summed E-state index contributed by atoms with van der Waals surface area (Å²) in [6.07, 6.45) is 2.25. The van der Waals surface area contributed by atoms with Gasteiger partial charge in [0.05, 0.1) is 5.92 Å². The lowest BCUT2D eigenvalue weighted by atomic mass is 9.97. The molecule has 0 saturated carbocycles. The van der Waals surface area contributed by atoms with Crippen LogP contribution in [0.15, 0.2) is 0 Å². The van der Waals surface area contributed by atoms with E-state index in [2.05, 4.69) is 11.9 Å². The van der Waals surface area contributed by atoms with Gasteiger partial charge < -0.3 is 19.8 Å². The Morgan fingerprint density at radius 2 is 1.86 bits per heavy atom. The molecular formula is C15H27N3O3. The molecule has 21 heavy (non-hydrogen) atoms. The van der Waals surface area contributed by atoms with Crippen molar-refractivity contribution in [2.45, 2.75) is 19.8 Å². The second-order valence-corrected chi connectivity index (χ2v) is 6.74. The number of urea groups is 1. The van der Waals surface area contributed by atoms with Gasteiger partial charge in [0.1, 0.15) is 0 Å². The molecule has 2 unspecified atom stereocenters. The van der Waals surface area contributed by atoms with Crippen molar-refractivity contribution in [1.82, 2.24) is 14.7 Å². The standard InChI is InChI=1S/C15H27N3O3/c1-11-8-18(10-13(11)14(19)20)15(21)17(3)9-12-4-6-16(2)7-5-12/h11-13H,4-10H2,1-3H3,(H,19,20). The summed E-state index contributed by atoms with van der Waals surface area (Å²) in [7, 11) is 3.96. The van der Waals surface area contributed by atoms with Gasteiger partial charge in [0.15, 0.2) is 0 Å². The third-order valence-corrected chi connectivity index (χ3v) is 4.90. The molecule has 2 aliphatic rings. The van der Waals surface area contributed by atoms with E-state index >= 15 is 0 Å². The fourth-order valence-corrected chi connectivity index (χ4v) is 3.40. The van der Waals surface area contributed by atoms with E-state index in [-0.39, 0.29) is 11.9 Å². The third kappa shape index (κ3) is 3.87. The molecule has 2 atom stereocenters. The number of aliphatic carboxylic acids is 1. The number of nitrogens with zero attached hydrogens (tertiary/aromatic N) is 3. The van der Waals surface area contributed by atoms with Crippen molar-refractivity contribution in [2.24, 2.45) is 17.8 Å². The lowest BCUT2D eigenvalue weighted by molar-refractivity contribution is -0.142. The zero-order valence-electron chi connectivity index (χ0n) is 13.3. The van der Waals surface area contributed by atoms with Crippen molar-refractivity contribution < 1.29 is 14.7 Å². The van der Waals surface area contributed by atoms with Crippen LogP contribution in [0.4, 0.5) is 4.79 Å². The molecule has 0 aromatic carbocycles. The van der Waals surface area contributed by atoms with E-state index in [1.807, 2.05) is 14.0 Å². The number of carbonyl (C=O) groups is 2. The number of hydrogen-bond acceptors (Lipinski definition) is 3. The second-order valence-electron chi connectivity index (χ2n) is 6.74. The van der Waals surface area contributed by atoms with Crippen molar-refractivity contribution in [3.8, 4) is 0 Å². The first-order valence-corrected chi connectivity index (χ1v) is 7.80. The summed E-state index contributed by atoms with van der Waals surface area (Å²) in [5.41, 5.74) is 0. The average molecular weight is 297 g/mol. The quantitative estimate of drug-likeness (QED) is 0.845. The lowest BCUT2D eigenvalue weighted by Crippen LogP contribution is -2.44. The van der Waals surface area contributed by atoms with Gasteiger partial charge in [0.25, 0.3) is 0 Å². The Labute approximate surface area is 126 Å². The topological polar surface area (TPSA) is 64.1 Å². The van der Waals surface area contributed by atoms with Gasteiger partial charge in [0, 0.05) is 26.7 Å². The van der Waals surface area contributed by atoms with Crippen LogP contribution in [0, 0.1) is 17.8 Å². The van der Waals surface area contributed by atoms with Gasteiger partial charge in [-0.1, -0.05) is 6.92 Å². The molecule has 0 aliphatic carbocycles. The normalized spacial score (nSPS) is 27.9. The SMILES string of the molecule is CC1CN(C(=O)N(C)CC2CCN(C)CC2)CC1C(=O)O. The predicted molar refractivity (Wildman–Crippen MR) is 80.1 cm³/mol. The number of carboxylic acid groups (broad SMARTS) is 1. The molecule has 6 nitrogen and oxygen atoms in total. The molecule has 6 heteroatoms. The maximum atomic E-state index is 12.4. The highest BCUT2D eigenvalue weighted by Gasteiger charge is 2.38. The van der Waals surface area contributed by atoms with Crippen molar-refractivity contribution in [2.75, 3.05) is 46.8 Å². The van der Waals surface area contributed by atoms with Crippen LogP contribution < -0.4 is 0 Å². The van der Waals surface area contributed by atoms with Crippen LogP contribution in [0.1, 0.15) is 19.8 Å². The molecule has 120 valence electrons. The third-order valence-electron chi connectivity index (χ3n) is 4.90. The van der Waals surface area contributed by atoms with Crippen LogP contribution in [0.25, 0.3) is 0 Å². The summed E-state index contributed by atoms with van der Waals surface area (Å²) in [5.74, 6) is -0.630. The maximum absolute atomic E-state index is 12.4. The van der Waals surface area contributed by atoms with E-state index in [0.717, 1.165) is 32.5 Å². The highest BCUT2D eigenvalue weighted by molar-refractivity contribution is 5.77. The van der Waals surface area contributed by atoms with Crippen LogP contribution >= 0.6 is 0 Å². The largest absolute Gasteiger partial charge is 0.481 e. The minimum absolute atomic E-state index is 0.0236. The van der Waals surface area contributed by atoms with Crippen LogP contribution in [0.2, 0.25) is 0 Å². The monoisotopic (exact) mass is 297 g/mol. The minimum atomic E-state index is -0.796.